The molecule has 2 nitrogen and oxygen atoms in total. The average molecular weight is 195 g/mol. The highest BCUT2D eigenvalue weighted by molar-refractivity contribution is 5.61. The molecule has 1 aromatic rings. The maximum Gasteiger partial charge on any atom is 0.141 e. The Labute approximate surface area is 83.1 Å². The molecular weight excluding hydrogens is 181 g/mol. The van der Waals surface area contributed by atoms with E-state index in [0.29, 0.717) is 12.1 Å². The minimum atomic E-state index is -0.334. The molecule has 0 fully saturated rings. The predicted molar refractivity (Wildman–Crippen MR) is 53.6 cm³/mol. The summed E-state index contributed by atoms with van der Waals surface area (Å²) in [5.41, 5.74) is 1.37. The van der Waals surface area contributed by atoms with Gasteiger partial charge in [-0.1, -0.05) is 19.1 Å². The first-order chi connectivity index (χ1) is 6.69. The second-order valence-corrected chi connectivity index (χ2v) is 3.18. The van der Waals surface area contributed by atoms with Crippen LogP contribution in [-0.2, 0) is 4.79 Å². The van der Waals surface area contributed by atoms with E-state index in [0.717, 1.165) is 11.8 Å². The fraction of sp³-hybridized carbons (Fsp3) is 0.364. The van der Waals surface area contributed by atoms with Crippen LogP contribution >= 0.6 is 0 Å². The quantitative estimate of drug-likeness (QED) is 0.744. The van der Waals surface area contributed by atoms with Gasteiger partial charge in [0.1, 0.15) is 12.1 Å². The molecule has 1 unspecified atom stereocenters. The fourth-order valence-electron chi connectivity index (χ4n) is 1.33. The number of benzene rings is 1. The molecule has 1 atom stereocenters. The van der Waals surface area contributed by atoms with E-state index < -0.39 is 0 Å². The summed E-state index contributed by atoms with van der Waals surface area (Å²) in [7, 11) is 0. The van der Waals surface area contributed by atoms with Crippen LogP contribution in [0.4, 0.5) is 4.39 Å². The van der Waals surface area contributed by atoms with Crippen LogP contribution in [0.1, 0.15) is 24.1 Å². The Morgan fingerprint density at radius 2 is 2.29 bits per heavy atom. The first-order valence-corrected chi connectivity index (χ1v) is 4.63. The predicted octanol–water partition coefficient (Wildman–Crippen LogP) is 1.98. The van der Waals surface area contributed by atoms with E-state index >= 15 is 0 Å². The van der Waals surface area contributed by atoms with Gasteiger partial charge >= 0.3 is 0 Å². The topological polar surface area (TPSA) is 29.1 Å². The largest absolute Gasteiger partial charge is 0.304 e. The smallest absolute Gasteiger partial charge is 0.141 e. The summed E-state index contributed by atoms with van der Waals surface area (Å²) in [5.74, 6) is -0.241. The summed E-state index contributed by atoms with van der Waals surface area (Å²) in [6.07, 6.45) is 0.830. The molecule has 0 aliphatic rings. The molecule has 0 amide bonds. The SMILES string of the molecule is CCNC(C=O)c1ccc(F)c(C)c1. The lowest BCUT2D eigenvalue weighted by molar-refractivity contribution is -0.109. The summed E-state index contributed by atoms with van der Waals surface area (Å²) < 4.78 is 12.9. The molecule has 0 saturated carbocycles. The van der Waals surface area contributed by atoms with E-state index in [1.54, 1.807) is 19.1 Å². The Balaban J connectivity index is 2.93. The monoisotopic (exact) mass is 195 g/mol. The van der Waals surface area contributed by atoms with Gasteiger partial charge < -0.3 is 10.1 Å². The molecule has 1 N–H and O–H groups in total. The Hall–Kier alpha value is -1.22. The van der Waals surface area contributed by atoms with Gasteiger partial charge in [0, 0.05) is 0 Å². The van der Waals surface area contributed by atoms with Gasteiger partial charge in [-0.15, -0.1) is 0 Å². The number of halogens is 1. The molecule has 3 heteroatoms. The van der Waals surface area contributed by atoms with E-state index in [4.69, 9.17) is 0 Å². The van der Waals surface area contributed by atoms with Gasteiger partial charge in [0.05, 0.1) is 6.04 Å². The summed E-state index contributed by atoms with van der Waals surface area (Å²) in [5, 5.41) is 3.00. The van der Waals surface area contributed by atoms with Crippen molar-refractivity contribution in [2.45, 2.75) is 19.9 Å². The van der Waals surface area contributed by atoms with Crippen molar-refractivity contribution in [1.82, 2.24) is 5.32 Å². The average Bonchev–Trinajstić information content (AvgIpc) is 2.19. The van der Waals surface area contributed by atoms with E-state index in [-0.39, 0.29) is 11.9 Å². The van der Waals surface area contributed by atoms with Crippen LogP contribution in [0.5, 0.6) is 0 Å². The zero-order valence-electron chi connectivity index (χ0n) is 8.38. The van der Waals surface area contributed by atoms with Crippen LogP contribution in [-0.4, -0.2) is 12.8 Å². The van der Waals surface area contributed by atoms with Gasteiger partial charge in [0.2, 0.25) is 0 Å². The van der Waals surface area contributed by atoms with Crippen LogP contribution in [0.3, 0.4) is 0 Å². The summed E-state index contributed by atoms with van der Waals surface area (Å²) in [6.45, 7) is 4.32. The zero-order chi connectivity index (χ0) is 10.6. The van der Waals surface area contributed by atoms with Crippen molar-refractivity contribution in [2.75, 3.05) is 6.54 Å². The third kappa shape index (κ3) is 2.39. The lowest BCUT2D eigenvalue weighted by Crippen LogP contribution is -2.22. The van der Waals surface area contributed by atoms with Crippen molar-refractivity contribution in [3.63, 3.8) is 0 Å². The van der Waals surface area contributed by atoms with Crippen LogP contribution < -0.4 is 5.32 Å². The molecule has 0 bridgehead atoms. The van der Waals surface area contributed by atoms with Gasteiger partial charge in [-0.05, 0) is 30.7 Å². The van der Waals surface area contributed by atoms with E-state index in [9.17, 15) is 9.18 Å². The molecule has 0 aliphatic carbocycles. The van der Waals surface area contributed by atoms with Crippen molar-refractivity contribution < 1.29 is 9.18 Å². The summed E-state index contributed by atoms with van der Waals surface area (Å²) >= 11 is 0. The van der Waals surface area contributed by atoms with E-state index in [2.05, 4.69) is 5.32 Å². The number of aldehydes is 1. The van der Waals surface area contributed by atoms with Crippen molar-refractivity contribution in [2.24, 2.45) is 0 Å². The molecule has 0 aromatic heterocycles. The highest BCUT2D eigenvalue weighted by atomic mass is 19.1. The van der Waals surface area contributed by atoms with Crippen molar-refractivity contribution in [3.8, 4) is 0 Å². The van der Waals surface area contributed by atoms with Gasteiger partial charge in [-0.2, -0.15) is 0 Å². The number of hydrogen-bond acceptors (Lipinski definition) is 2. The molecule has 1 aromatic carbocycles. The van der Waals surface area contributed by atoms with Crippen LogP contribution in [0.2, 0.25) is 0 Å². The number of carbonyl (C=O) groups is 1. The maximum absolute atomic E-state index is 12.9. The number of likely N-dealkylation sites (N-methyl/N-ethyl adjacent to an activating group) is 1. The summed E-state index contributed by atoms with van der Waals surface area (Å²) in [6, 6.07) is 4.37. The second kappa shape index (κ2) is 4.86. The molecule has 0 saturated heterocycles. The Morgan fingerprint density at radius 3 is 2.79 bits per heavy atom. The van der Waals surface area contributed by atoms with Crippen molar-refractivity contribution in [1.29, 1.82) is 0 Å². The number of hydrogen-bond donors (Lipinski definition) is 1. The lowest BCUT2D eigenvalue weighted by Gasteiger charge is -2.11. The van der Waals surface area contributed by atoms with Crippen LogP contribution in [0.15, 0.2) is 18.2 Å². The molecule has 0 spiro atoms. The zero-order valence-corrected chi connectivity index (χ0v) is 8.38. The Kier molecular flexibility index (Phi) is 3.77. The normalized spacial score (nSPS) is 12.5. The first kappa shape index (κ1) is 10.9. The first-order valence-electron chi connectivity index (χ1n) is 4.63. The molecule has 0 aliphatic heterocycles. The third-order valence-electron chi connectivity index (χ3n) is 2.10. The number of nitrogens with one attached hydrogen (secondary N) is 1. The highest BCUT2D eigenvalue weighted by Gasteiger charge is 2.09. The molecule has 0 heterocycles. The highest BCUT2D eigenvalue weighted by Crippen LogP contribution is 2.15. The Morgan fingerprint density at radius 1 is 1.57 bits per heavy atom. The maximum atomic E-state index is 12.9. The van der Waals surface area contributed by atoms with Gasteiger partial charge in [-0.3, -0.25) is 0 Å². The van der Waals surface area contributed by atoms with E-state index in [1.807, 2.05) is 6.92 Å². The van der Waals surface area contributed by atoms with E-state index in [1.165, 1.54) is 6.07 Å². The third-order valence-corrected chi connectivity index (χ3v) is 2.10. The van der Waals surface area contributed by atoms with Gasteiger partial charge in [-0.25, -0.2) is 4.39 Å². The summed E-state index contributed by atoms with van der Waals surface area (Å²) in [4.78, 5) is 10.7. The number of rotatable bonds is 4. The minimum Gasteiger partial charge on any atom is -0.304 e. The van der Waals surface area contributed by atoms with Gasteiger partial charge in [0.25, 0.3) is 0 Å². The van der Waals surface area contributed by atoms with Crippen LogP contribution in [0, 0.1) is 12.7 Å². The number of aryl methyl sites for hydroxylation is 1. The second-order valence-electron chi connectivity index (χ2n) is 3.18. The van der Waals surface area contributed by atoms with Crippen LogP contribution in [0.25, 0.3) is 0 Å². The van der Waals surface area contributed by atoms with Crippen molar-refractivity contribution in [3.05, 3.63) is 35.1 Å². The lowest BCUT2D eigenvalue weighted by atomic mass is 10.1. The fourth-order valence-corrected chi connectivity index (χ4v) is 1.33. The number of carbonyl (C=O) groups excluding carboxylic acids is 1. The van der Waals surface area contributed by atoms with Gasteiger partial charge in [0.15, 0.2) is 0 Å². The molecule has 1 rings (SSSR count). The molecule has 0 radical (unpaired) electrons. The molecule has 14 heavy (non-hydrogen) atoms. The molecular formula is C11H14FNO. The van der Waals surface area contributed by atoms with Crippen molar-refractivity contribution >= 4 is 6.29 Å². The standard InChI is InChI=1S/C11H14FNO/c1-3-13-11(7-14)9-4-5-10(12)8(2)6-9/h4-7,11,13H,3H2,1-2H3. The minimum absolute atomic E-state index is 0.241. The Bertz CT molecular complexity index is 325. The molecule has 76 valence electrons.